The van der Waals surface area contributed by atoms with Crippen LogP contribution in [0.2, 0.25) is 0 Å². The molecule has 0 bridgehead atoms. The van der Waals surface area contributed by atoms with Gasteiger partial charge < -0.3 is 5.32 Å². The van der Waals surface area contributed by atoms with Gasteiger partial charge in [0, 0.05) is 5.69 Å². The molecule has 1 N–H and O–H groups in total. The van der Waals surface area contributed by atoms with Crippen molar-refractivity contribution in [2.75, 3.05) is 16.2 Å². The number of aryl methyl sites for hydroxylation is 1. The number of carbonyl (C=O) groups is 1. The molecule has 0 aliphatic carbocycles. The summed E-state index contributed by atoms with van der Waals surface area (Å²) in [5, 5.41) is 4.50. The van der Waals surface area contributed by atoms with Crippen LogP contribution in [0.1, 0.15) is 30.9 Å². The van der Waals surface area contributed by atoms with E-state index in [9.17, 15) is 13.2 Å². The van der Waals surface area contributed by atoms with Gasteiger partial charge >= 0.3 is 0 Å². The predicted molar refractivity (Wildman–Crippen MR) is 119 cm³/mol. The zero-order chi connectivity index (χ0) is 21.0. The van der Waals surface area contributed by atoms with Crippen molar-refractivity contribution in [3.63, 3.8) is 0 Å². The Morgan fingerprint density at radius 3 is 2.24 bits per heavy atom. The number of nitrogens with one attached hydrogen (secondary N) is 1. The molecule has 0 radical (unpaired) electrons. The Labute approximate surface area is 176 Å². The third-order valence-corrected chi connectivity index (χ3v) is 7.66. The number of benzene rings is 2. The largest absolute Gasteiger partial charge is 0.325 e. The monoisotopic (exact) mass is 428 g/mol. The first-order valence-electron chi connectivity index (χ1n) is 9.30. The van der Waals surface area contributed by atoms with E-state index in [0.717, 1.165) is 21.2 Å². The van der Waals surface area contributed by atoms with Gasteiger partial charge in [0.05, 0.1) is 5.69 Å². The molecule has 1 amide bonds. The minimum atomic E-state index is -3.84. The Hall–Kier alpha value is -2.64. The normalized spacial score (nSPS) is 11.4. The van der Waals surface area contributed by atoms with E-state index in [-0.39, 0.29) is 10.8 Å². The minimum Gasteiger partial charge on any atom is -0.325 e. The lowest BCUT2D eigenvalue weighted by Gasteiger charge is -2.23. The van der Waals surface area contributed by atoms with E-state index in [1.54, 1.807) is 29.6 Å². The SMILES string of the molecule is Cc1ccc(N(CC(=O)Nc2ccc(C(C)C)cc2)S(=O)(=O)c2cccs2)cc1. The summed E-state index contributed by atoms with van der Waals surface area (Å²) in [7, 11) is -3.84. The van der Waals surface area contributed by atoms with E-state index >= 15 is 0 Å². The molecular formula is C22H24N2O3S2. The van der Waals surface area contributed by atoms with Gasteiger partial charge in [-0.1, -0.05) is 49.7 Å². The molecule has 0 aliphatic rings. The van der Waals surface area contributed by atoms with Crippen LogP contribution in [0.4, 0.5) is 11.4 Å². The van der Waals surface area contributed by atoms with Crippen molar-refractivity contribution in [1.82, 2.24) is 0 Å². The van der Waals surface area contributed by atoms with Gasteiger partial charge in [0.2, 0.25) is 5.91 Å². The van der Waals surface area contributed by atoms with Gasteiger partial charge in [-0.2, -0.15) is 0 Å². The number of anilines is 2. The molecular weight excluding hydrogens is 404 g/mol. The second-order valence-corrected chi connectivity index (χ2v) is 10.1. The number of hydrogen-bond donors (Lipinski definition) is 1. The zero-order valence-electron chi connectivity index (χ0n) is 16.6. The quantitative estimate of drug-likeness (QED) is 0.575. The van der Waals surface area contributed by atoms with Crippen molar-refractivity contribution >= 4 is 38.6 Å². The fraction of sp³-hybridized carbons (Fsp3) is 0.227. The maximum absolute atomic E-state index is 13.1. The van der Waals surface area contributed by atoms with E-state index < -0.39 is 15.9 Å². The third-order valence-electron chi connectivity index (χ3n) is 4.51. The molecule has 0 unspecified atom stereocenters. The lowest BCUT2D eigenvalue weighted by Crippen LogP contribution is -2.37. The molecule has 0 fully saturated rings. The first-order valence-corrected chi connectivity index (χ1v) is 11.6. The average molecular weight is 429 g/mol. The molecule has 0 aliphatic heterocycles. The molecule has 29 heavy (non-hydrogen) atoms. The summed E-state index contributed by atoms with van der Waals surface area (Å²) in [6, 6.07) is 17.9. The molecule has 3 aromatic rings. The fourth-order valence-corrected chi connectivity index (χ4v) is 5.35. The predicted octanol–water partition coefficient (Wildman–Crippen LogP) is 5.01. The summed E-state index contributed by atoms with van der Waals surface area (Å²) < 4.78 is 27.6. The second-order valence-electron chi connectivity index (χ2n) is 7.10. The highest BCUT2D eigenvalue weighted by Gasteiger charge is 2.28. The molecule has 152 valence electrons. The summed E-state index contributed by atoms with van der Waals surface area (Å²) in [5.41, 5.74) is 3.27. The molecule has 1 aromatic heterocycles. The van der Waals surface area contributed by atoms with Crippen LogP contribution in [0, 0.1) is 6.92 Å². The van der Waals surface area contributed by atoms with Crippen molar-refractivity contribution in [3.8, 4) is 0 Å². The van der Waals surface area contributed by atoms with Crippen LogP contribution in [0.5, 0.6) is 0 Å². The maximum atomic E-state index is 13.1. The summed E-state index contributed by atoms with van der Waals surface area (Å²) in [6.45, 7) is 5.82. The molecule has 7 heteroatoms. The van der Waals surface area contributed by atoms with Gasteiger partial charge in [0.15, 0.2) is 0 Å². The first kappa shape index (κ1) is 21.1. The van der Waals surface area contributed by atoms with Crippen molar-refractivity contribution in [3.05, 3.63) is 77.2 Å². The minimum absolute atomic E-state index is 0.201. The summed E-state index contributed by atoms with van der Waals surface area (Å²) in [5.74, 6) is -0.00396. The zero-order valence-corrected chi connectivity index (χ0v) is 18.3. The molecule has 3 rings (SSSR count). The lowest BCUT2D eigenvalue weighted by atomic mass is 10.0. The standard InChI is InChI=1S/C22H24N2O3S2/c1-16(2)18-8-10-19(11-9-18)23-21(25)15-24(20-12-6-17(3)7-13-20)29(26,27)22-5-4-14-28-22/h4-14,16H,15H2,1-3H3,(H,23,25). The van der Waals surface area contributed by atoms with Crippen LogP contribution in [0.25, 0.3) is 0 Å². The Morgan fingerprint density at radius 1 is 1.03 bits per heavy atom. The highest BCUT2D eigenvalue weighted by atomic mass is 32.2. The number of rotatable bonds is 7. The highest BCUT2D eigenvalue weighted by Crippen LogP contribution is 2.27. The topological polar surface area (TPSA) is 66.5 Å². The van der Waals surface area contributed by atoms with E-state index in [0.29, 0.717) is 17.3 Å². The van der Waals surface area contributed by atoms with Crippen molar-refractivity contribution in [2.45, 2.75) is 30.9 Å². The van der Waals surface area contributed by atoms with Crippen molar-refractivity contribution in [1.29, 1.82) is 0 Å². The van der Waals surface area contributed by atoms with Crippen LogP contribution in [-0.2, 0) is 14.8 Å². The number of carbonyl (C=O) groups excluding carboxylic acids is 1. The van der Waals surface area contributed by atoms with Crippen LogP contribution >= 0.6 is 11.3 Å². The molecule has 1 heterocycles. The number of thiophene rings is 1. The molecule has 0 spiro atoms. The van der Waals surface area contributed by atoms with Crippen LogP contribution in [-0.4, -0.2) is 20.9 Å². The third kappa shape index (κ3) is 5.05. The van der Waals surface area contributed by atoms with Crippen LogP contribution in [0.3, 0.4) is 0 Å². The smallest absolute Gasteiger partial charge is 0.274 e. The Kier molecular flexibility index (Phi) is 6.39. The van der Waals surface area contributed by atoms with Gasteiger partial charge in [-0.15, -0.1) is 11.3 Å². The van der Waals surface area contributed by atoms with Gasteiger partial charge in [0.25, 0.3) is 10.0 Å². The van der Waals surface area contributed by atoms with Crippen molar-refractivity contribution < 1.29 is 13.2 Å². The fourth-order valence-electron chi connectivity index (χ4n) is 2.83. The molecule has 0 saturated carbocycles. The average Bonchev–Trinajstić information content (AvgIpc) is 3.23. The van der Waals surface area contributed by atoms with Crippen LogP contribution in [0.15, 0.2) is 70.3 Å². The molecule has 0 atom stereocenters. The number of nitrogens with zero attached hydrogens (tertiary/aromatic N) is 1. The van der Waals surface area contributed by atoms with Gasteiger partial charge in [0.1, 0.15) is 10.8 Å². The highest BCUT2D eigenvalue weighted by molar-refractivity contribution is 7.94. The number of amides is 1. The molecule has 2 aromatic carbocycles. The summed E-state index contributed by atoms with van der Waals surface area (Å²) in [4.78, 5) is 12.7. The van der Waals surface area contributed by atoms with E-state index in [4.69, 9.17) is 0 Å². The number of sulfonamides is 1. The second kappa shape index (κ2) is 8.80. The first-order chi connectivity index (χ1) is 13.8. The summed E-state index contributed by atoms with van der Waals surface area (Å²) >= 11 is 1.13. The molecule has 0 saturated heterocycles. The Bertz CT molecular complexity index is 1060. The van der Waals surface area contributed by atoms with Gasteiger partial charge in [-0.3, -0.25) is 9.10 Å². The van der Waals surface area contributed by atoms with E-state index in [1.807, 2.05) is 43.3 Å². The van der Waals surface area contributed by atoms with E-state index in [1.165, 1.54) is 5.56 Å². The van der Waals surface area contributed by atoms with E-state index in [2.05, 4.69) is 19.2 Å². The van der Waals surface area contributed by atoms with Crippen LogP contribution < -0.4 is 9.62 Å². The molecule has 5 nitrogen and oxygen atoms in total. The van der Waals surface area contributed by atoms with Crippen molar-refractivity contribution in [2.24, 2.45) is 0 Å². The summed E-state index contributed by atoms with van der Waals surface area (Å²) in [6.07, 6.45) is 0. The van der Waals surface area contributed by atoms with Gasteiger partial charge in [-0.25, -0.2) is 8.42 Å². The maximum Gasteiger partial charge on any atom is 0.274 e. The lowest BCUT2D eigenvalue weighted by molar-refractivity contribution is -0.114. The van der Waals surface area contributed by atoms with Gasteiger partial charge in [-0.05, 0) is 54.1 Å². The number of hydrogen-bond acceptors (Lipinski definition) is 4. The Morgan fingerprint density at radius 2 is 1.69 bits per heavy atom. The Balaban J connectivity index is 1.84.